The summed E-state index contributed by atoms with van der Waals surface area (Å²) in [5.41, 5.74) is 0. The third kappa shape index (κ3) is 15.4. The Bertz CT molecular complexity index is 870. The quantitative estimate of drug-likeness (QED) is 0.0920. The van der Waals surface area contributed by atoms with Gasteiger partial charge in [0, 0.05) is 0 Å². The van der Waals surface area contributed by atoms with Gasteiger partial charge >= 0.3 is 16.5 Å². The van der Waals surface area contributed by atoms with E-state index in [0.29, 0.717) is 0 Å². The number of rotatable bonds is 12. The maximum absolute atomic E-state index is 5.63. The van der Waals surface area contributed by atoms with Crippen molar-refractivity contribution in [1.82, 2.24) is 9.97 Å². The third-order valence-corrected chi connectivity index (χ3v) is 10.2. The van der Waals surface area contributed by atoms with Crippen LogP contribution < -0.4 is 0 Å². The van der Waals surface area contributed by atoms with Crippen molar-refractivity contribution in [3.05, 3.63) is 30.7 Å². The second-order valence-electron chi connectivity index (χ2n) is 8.98. The number of halogens is 6. The Morgan fingerprint density at radius 2 is 0.725 bits per heavy atom. The van der Waals surface area contributed by atoms with Gasteiger partial charge in [-0.2, -0.15) is 19.6 Å². The first-order valence-electron chi connectivity index (χ1n) is 12.9. The van der Waals surface area contributed by atoms with Crippen LogP contribution in [0, 0.1) is 0 Å². The molecule has 0 spiro atoms. The zero-order valence-corrected chi connectivity index (χ0v) is 31.8. The molecule has 0 radical (unpaired) electrons. The van der Waals surface area contributed by atoms with Gasteiger partial charge in [0.25, 0.3) is 0 Å². The van der Waals surface area contributed by atoms with Gasteiger partial charge < -0.3 is 55.0 Å². The molecule has 2 aromatic rings. The minimum absolute atomic E-state index is 0. The second kappa shape index (κ2) is 23.7. The molecular formula is C26H36Cl6N3NiS4-. The first kappa shape index (κ1) is 43.5. The van der Waals surface area contributed by atoms with E-state index in [1.54, 1.807) is 0 Å². The molecule has 0 aliphatic rings. The van der Waals surface area contributed by atoms with E-state index in [4.69, 9.17) is 120 Å². The van der Waals surface area contributed by atoms with E-state index in [1.165, 1.54) is 82.0 Å². The van der Waals surface area contributed by atoms with E-state index in [2.05, 4.69) is 37.7 Å². The average molecular weight is 790 g/mol. The SMILES string of the molecule is CCCC[N+](CCCC)(CCCC)CCCC.[Ni+2].[S-]c1c(Cl)nc(Cl)c(Cl)c1[S-].[S-]c1c(Cl)nc(Cl)c(Cl)c1[S-]. The van der Waals surface area contributed by atoms with Crippen molar-refractivity contribution in [2.75, 3.05) is 26.2 Å². The smallest absolute Gasteiger partial charge is 0.779 e. The number of hydrogen-bond acceptors (Lipinski definition) is 6. The van der Waals surface area contributed by atoms with Crippen molar-refractivity contribution >= 4 is 120 Å². The Labute approximate surface area is 303 Å². The fourth-order valence-corrected chi connectivity index (χ4v) is 5.69. The van der Waals surface area contributed by atoms with Gasteiger partial charge in [-0.05, 0) is 25.7 Å². The van der Waals surface area contributed by atoms with Crippen LogP contribution in [0.5, 0.6) is 0 Å². The summed E-state index contributed by atoms with van der Waals surface area (Å²) in [7, 11) is 0. The Balaban J connectivity index is 0. The molecule has 2 aromatic heterocycles. The first-order chi connectivity index (χ1) is 18.3. The van der Waals surface area contributed by atoms with Crippen molar-refractivity contribution < 1.29 is 21.0 Å². The zero-order chi connectivity index (χ0) is 30.2. The summed E-state index contributed by atoms with van der Waals surface area (Å²) < 4.78 is 1.42. The maximum Gasteiger partial charge on any atom is 2.00 e. The number of nitrogens with zero attached hydrogens (tertiary/aromatic N) is 3. The molecule has 0 aliphatic heterocycles. The summed E-state index contributed by atoms with van der Waals surface area (Å²) in [6.45, 7) is 15.0. The topological polar surface area (TPSA) is 25.8 Å². The van der Waals surface area contributed by atoms with Crippen molar-refractivity contribution in [3.8, 4) is 0 Å². The Morgan fingerprint density at radius 3 is 0.950 bits per heavy atom. The zero-order valence-electron chi connectivity index (χ0n) is 23.0. The van der Waals surface area contributed by atoms with Crippen LogP contribution >= 0.6 is 69.6 Å². The summed E-state index contributed by atoms with van der Waals surface area (Å²) >= 11 is 52.7. The molecule has 232 valence electrons. The largest absolute Gasteiger partial charge is 2.00 e. The van der Waals surface area contributed by atoms with Crippen molar-refractivity contribution in [2.45, 2.75) is 98.6 Å². The summed E-state index contributed by atoms with van der Waals surface area (Å²) in [4.78, 5) is 8.44. The van der Waals surface area contributed by atoms with Crippen LogP contribution in [-0.4, -0.2) is 40.6 Å². The number of pyridine rings is 2. The van der Waals surface area contributed by atoms with Crippen LogP contribution in [0.1, 0.15) is 79.1 Å². The molecule has 0 bridgehead atoms. The summed E-state index contributed by atoms with van der Waals surface area (Å²) in [6.07, 6.45) is 11.1. The molecule has 3 nitrogen and oxygen atoms in total. The predicted molar refractivity (Wildman–Crippen MR) is 180 cm³/mol. The molecule has 0 amide bonds. The van der Waals surface area contributed by atoms with E-state index in [1.807, 2.05) is 0 Å². The van der Waals surface area contributed by atoms with E-state index in [9.17, 15) is 0 Å². The molecule has 0 aliphatic carbocycles. The van der Waals surface area contributed by atoms with Crippen LogP contribution in [0.2, 0.25) is 30.7 Å². The van der Waals surface area contributed by atoms with Gasteiger partial charge in [0.15, 0.2) is 0 Å². The Hall–Kier alpha value is 1.37. The predicted octanol–water partition coefficient (Wildman–Crippen LogP) is 10.7. The van der Waals surface area contributed by atoms with Crippen LogP contribution in [-0.2, 0) is 67.0 Å². The van der Waals surface area contributed by atoms with E-state index in [0.717, 1.165) is 0 Å². The van der Waals surface area contributed by atoms with Crippen LogP contribution in [0.4, 0.5) is 0 Å². The fraction of sp³-hybridized carbons (Fsp3) is 0.615. The Morgan fingerprint density at radius 1 is 0.475 bits per heavy atom. The van der Waals surface area contributed by atoms with Gasteiger partial charge in [-0.15, -0.1) is 0 Å². The molecule has 0 unspecified atom stereocenters. The molecule has 40 heavy (non-hydrogen) atoms. The Kier molecular flexibility index (Phi) is 25.8. The van der Waals surface area contributed by atoms with Crippen molar-refractivity contribution in [2.24, 2.45) is 0 Å². The average Bonchev–Trinajstić information content (AvgIpc) is 2.92. The minimum atomic E-state index is 0. The maximum atomic E-state index is 5.63. The normalized spacial score (nSPS) is 10.7. The van der Waals surface area contributed by atoms with Crippen LogP contribution in [0.15, 0.2) is 19.6 Å². The third-order valence-electron chi connectivity index (χ3n) is 5.88. The number of hydrogen-bond donors (Lipinski definition) is 0. The minimum Gasteiger partial charge on any atom is -0.779 e. The van der Waals surface area contributed by atoms with Crippen LogP contribution in [0.3, 0.4) is 0 Å². The molecular weight excluding hydrogens is 754 g/mol. The van der Waals surface area contributed by atoms with Gasteiger partial charge in [-0.25, -0.2) is 9.97 Å². The summed E-state index contributed by atoms with van der Waals surface area (Å²) in [5, 5.41) is 0.816. The van der Waals surface area contributed by atoms with Crippen molar-refractivity contribution in [1.29, 1.82) is 0 Å². The van der Waals surface area contributed by atoms with Crippen LogP contribution in [0.25, 0.3) is 0 Å². The molecule has 0 N–H and O–H groups in total. The van der Waals surface area contributed by atoms with Gasteiger partial charge in [0.05, 0.1) is 36.2 Å². The monoisotopic (exact) mass is 786 g/mol. The van der Waals surface area contributed by atoms with E-state index in [-0.39, 0.29) is 66.7 Å². The molecule has 0 saturated heterocycles. The van der Waals surface area contributed by atoms with E-state index >= 15 is 0 Å². The summed E-state index contributed by atoms with van der Waals surface area (Å²) in [6, 6.07) is 0. The number of unbranched alkanes of at least 4 members (excludes halogenated alkanes) is 4. The molecule has 2 heterocycles. The van der Waals surface area contributed by atoms with Crippen molar-refractivity contribution in [3.63, 3.8) is 0 Å². The second-order valence-corrected chi connectivity index (χ2v) is 12.8. The molecule has 0 atom stereocenters. The van der Waals surface area contributed by atoms with Gasteiger partial charge in [0.1, 0.15) is 20.6 Å². The molecule has 0 fully saturated rings. The summed E-state index contributed by atoms with van der Waals surface area (Å²) in [5.74, 6) is 0. The first-order valence-corrected chi connectivity index (χ1v) is 16.8. The molecule has 2 rings (SSSR count). The number of quaternary nitrogens is 1. The molecule has 0 aromatic carbocycles. The van der Waals surface area contributed by atoms with Gasteiger partial charge in [0.2, 0.25) is 0 Å². The fourth-order valence-electron chi connectivity index (χ4n) is 3.59. The standard InChI is InChI=1S/C16H36N.2C5H2Cl3NS2.Ni/c1-5-9-13-17(14-10-6-2,15-11-7-3)16-12-8-4;2*6-1-2(10)3(11)5(8)9-4(1)7;/h5-16H2,1-4H3;2*11H,(H,9,10);/q+1;;;+2/p-4. The van der Waals surface area contributed by atoms with E-state index < -0.39 is 0 Å². The van der Waals surface area contributed by atoms with Gasteiger partial charge in [-0.3, -0.25) is 0 Å². The number of aromatic nitrogens is 2. The molecule has 14 heteroatoms. The van der Waals surface area contributed by atoms with Gasteiger partial charge in [-0.1, -0.05) is 123 Å². The molecule has 0 saturated carbocycles.